The van der Waals surface area contributed by atoms with Crippen molar-refractivity contribution in [3.05, 3.63) is 21.9 Å². The Morgan fingerprint density at radius 3 is 2.75 bits per heavy atom. The van der Waals surface area contributed by atoms with Gasteiger partial charge in [-0.15, -0.1) is 0 Å². The van der Waals surface area contributed by atoms with E-state index in [2.05, 4.69) is 0 Å². The Balaban J connectivity index is 2.84. The van der Waals surface area contributed by atoms with Gasteiger partial charge < -0.3 is 5.11 Å². The van der Waals surface area contributed by atoms with E-state index in [0.717, 1.165) is 11.3 Å². The van der Waals surface area contributed by atoms with E-state index in [1.165, 1.54) is 10.8 Å². The minimum Gasteiger partial charge on any atom is -0.481 e. The summed E-state index contributed by atoms with van der Waals surface area (Å²) in [6, 6.07) is 0. The molecule has 0 bridgehead atoms. The molecule has 1 aromatic heterocycles. The van der Waals surface area contributed by atoms with Crippen molar-refractivity contribution >= 4 is 17.3 Å². The van der Waals surface area contributed by atoms with Crippen LogP contribution in [0.4, 0.5) is 8.78 Å². The highest BCUT2D eigenvalue weighted by molar-refractivity contribution is 7.08. The number of hydrogen-bond acceptors (Lipinski definition) is 2. The summed E-state index contributed by atoms with van der Waals surface area (Å²) in [6.07, 6.45) is -2.91. The molecule has 2 nitrogen and oxygen atoms in total. The molecular weight excluding hydrogens is 186 g/mol. The van der Waals surface area contributed by atoms with Gasteiger partial charge >= 0.3 is 5.97 Å². The molecule has 0 amide bonds. The first-order valence-corrected chi connectivity index (χ1v) is 4.10. The molecule has 1 heterocycles. The largest absolute Gasteiger partial charge is 0.481 e. The fourth-order valence-electron chi connectivity index (χ4n) is 0.831. The van der Waals surface area contributed by atoms with Gasteiger partial charge in [0.25, 0.3) is 6.43 Å². The lowest BCUT2D eigenvalue weighted by atomic mass is 10.1. The number of carbonyl (C=O) groups is 1. The summed E-state index contributed by atoms with van der Waals surface area (Å²) in [5.74, 6) is -1.09. The smallest absolute Gasteiger partial charge is 0.307 e. The van der Waals surface area contributed by atoms with Crippen molar-refractivity contribution in [1.29, 1.82) is 0 Å². The van der Waals surface area contributed by atoms with Crippen molar-refractivity contribution in [2.75, 3.05) is 0 Å². The van der Waals surface area contributed by atoms with Gasteiger partial charge in [0.15, 0.2) is 0 Å². The number of hydrogen-bond donors (Lipinski definition) is 1. The molecule has 0 radical (unpaired) electrons. The molecule has 0 aromatic carbocycles. The molecule has 0 unspecified atom stereocenters. The van der Waals surface area contributed by atoms with Crippen LogP contribution in [0.2, 0.25) is 0 Å². The van der Waals surface area contributed by atoms with Crippen molar-refractivity contribution in [3.8, 4) is 0 Å². The summed E-state index contributed by atoms with van der Waals surface area (Å²) in [5, 5.41) is 11.1. The maximum atomic E-state index is 12.1. The van der Waals surface area contributed by atoms with Gasteiger partial charge in [0.1, 0.15) is 0 Å². The zero-order chi connectivity index (χ0) is 9.14. The molecule has 5 heteroatoms. The molecule has 0 atom stereocenters. The number of carboxylic acids is 1. The average Bonchev–Trinajstić information content (AvgIpc) is 2.33. The number of halogens is 2. The van der Waals surface area contributed by atoms with Gasteiger partial charge in [0.05, 0.1) is 6.42 Å². The molecule has 12 heavy (non-hydrogen) atoms. The molecule has 0 spiro atoms. The van der Waals surface area contributed by atoms with E-state index in [0.29, 0.717) is 0 Å². The predicted molar refractivity (Wildman–Crippen MR) is 40.6 cm³/mol. The fraction of sp³-hybridized carbons (Fsp3) is 0.286. The summed E-state index contributed by atoms with van der Waals surface area (Å²) in [4.78, 5) is 10.2. The average molecular weight is 192 g/mol. The lowest BCUT2D eigenvalue weighted by Crippen LogP contribution is -2.01. The Morgan fingerprint density at radius 1 is 1.58 bits per heavy atom. The van der Waals surface area contributed by atoms with Crippen LogP contribution < -0.4 is 0 Å². The van der Waals surface area contributed by atoms with Crippen LogP contribution in [0.25, 0.3) is 0 Å². The molecule has 0 saturated carbocycles. The summed E-state index contributed by atoms with van der Waals surface area (Å²) in [7, 11) is 0. The number of alkyl halides is 2. The minimum absolute atomic E-state index is 0.164. The lowest BCUT2D eigenvalue weighted by Gasteiger charge is -1.98. The fourth-order valence-corrected chi connectivity index (χ4v) is 1.68. The van der Waals surface area contributed by atoms with Crippen LogP contribution >= 0.6 is 11.3 Å². The highest BCUT2D eigenvalue weighted by Gasteiger charge is 2.15. The van der Waals surface area contributed by atoms with E-state index in [1.54, 1.807) is 0 Å². The van der Waals surface area contributed by atoms with Gasteiger partial charge in [0.2, 0.25) is 0 Å². The van der Waals surface area contributed by atoms with E-state index >= 15 is 0 Å². The Hall–Kier alpha value is -0.970. The standard InChI is InChI=1S/C7H6F2O2S/c8-7(9)5-3-12-2-4(5)1-6(10)11/h2-3,7H,1H2,(H,10,11). The van der Waals surface area contributed by atoms with Crippen molar-refractivity contribution in [2.24, 2.45) is 0 Å². The SMILES string of the molecule is O=C(O)Cc1cscc1C(F)F. The summed E-state index contributed by atoms with van der Waals surface area (Å²) in [6.45, 7) is 0. The molecule has 66 valence electrons. The van der Waals surface area contributed by atoms with Gasteiger partial charge in [-0.25, -0.2) is 8.78 Å². The van der Waals surface area contributed by atoms with Crippen molar-refractivity contribution in [2.45, 2.75) is 12.8 Å². The van der Waals surface area contributed by atoms with Gasteiger partial charge in [-0.1, -0.05) is 0 Å². The number of thiophene rings is 1. The lowest BCUT2D eigenvalue weighted by molar-refractivity contribution is -0.136. The molecule has 0 saturated heterocycles. The van der Waals surface area contributed by atoms with Crippen molar-refractivity contribution < 1.29 is 18.7 Å². The maximum Gasteiger partial charge on any atom is 0.307 e. The quantitative estimate of drug-likeness (QED) is 0.797. The van der Waals surface area contributed by atoms with Crippen LogP contribution in [-0.4, -0.2) is 11.1 Å². The zero-order valence-corrected chi connectivity index (χ0v) is 6.78. The number of rotatable bonds is 3. The van der Waals surface area contributed by atoms with Crippen LogP contribution in [0.5, 0.6) is 0 Å². The summed E-state index contributed by atoms with van der Waals surface area (Å²) >= 11 is 1.09. The summed E-state index contributed by atoms with van der Waals surface area (Å²) < 4.78 is 24.3. The van der Waals surface area contributed by atoms with E-state index < -0.39 is 12.4 Å². The monoisotopic (exact) mass is 192 g/mol. The first-order chi connectivity index (χ1) is 5.61. The van der Waals surface area contributed by atoms with Crippen molar-refractivity contribution in [3.63, 3.8) is 0 Å². The molecule has 1 aromatic rings. The minimum atomic E-state index is -2.58. The van der Waals surface area contributed by atoms with Gasteiger partial charge in [-0.3, -0.25) is 4.79 Å². The Morgan fingerprint density at radius 2 is 2.25 bits per heavy atom. The summed E-state index contributed by atoms with van der Waals surface area (Å²) in [5.41, 5.74) is 0.0462. The second-order valence-electron chi connectivity index (χ2n) is 2.22. The Labute approximate surface area is 71.5 Å². The predicted octanol–water partition coefficient (Wildman–Crippen LogP) is 2.31. The highest BCUT2D eigenvalue weighted by atomic mass is 32.1. The highest BCUT2D eigenvalue weighted by Crippen LogP contribution is 2.26. The van der Waals surface area contributed by atoms with Gasteiger partial charge in [-0.2, -0.15) is 11.3 Å². The zero-order valence-electron chi connectivity index (χ0n) is 5.96. The Kier molecular flexibility index (Phi) is 2.75. The van der Waals surface area contributed by atoms with E-state index in [1.807, 2.05) is 0 Å². The third kappa shape index (κ3) is 2.01. The first kappa shape index (κ1) is 9.12. The molecule has 0 fully saturated rings. The topological polar surface area (TPSA) is 37.3 Å². The third-order valence-corrected chi connectivity index (χ3v) is 2.16. The number of carboxylic acid groups (broad SMARTS) is 1. The molecule has 0 aliphatic carbocycles. The maximum absolute atomic E-state index is 12.1. The van der Waals surface area contributed by atoms with Crippen LogP contribution in [-0.2, 0) is 11.2 Å². The molecule has 1 N–H and O–H groups in total. The number of aliphatic carboxylic acids is 1. The van der Waals surface area contributed by atoms with Crippen LogP contribution in [0, 0.1) is 0 Å². The molecule has 0 aliphatic rings. The van der Waals surface area contributed by atoms with E-state index in [-0.39, 0.29) is 17.5 Å². The molecule has 1 rings (SSSR count). The second kappa shape index (κ2) is 3.62. The molecule has 0 aliphatic heterocycles. The van der Waals surface area contributed by atoms with Gasteiger partial charge in [-0.05, 0) is 16.3 Å². The van der Waals surface area contributed by atoms with Gasteiger partial charge in [0, 0.05) is 5.56 Å². The van der Waals surface area contributed by atoms with E-state index in [9.17, 15) is 13.6 Å². The first-order valence-electron chi connectivity index (χ1n) is 3.16. The Bertz CT molecular complexity index is 283. The third-order valence-electron chi connectivity index (χ3n) is 1.35. The van der Waals surface area contributed by atoms with Crippen LogP contribution in [0.3, 0.4) is 0 Å². The van der Waals surface area contributed by atoms with Crippen LogP contribution in [0.15, 0.2) is 10.8 Å². The van der Waals surface area contributed by atoms with Crippen LogP contribution in [0.1, 0.15) is 17.6 Å². The molecular formula is C7H6F2O2S. The van der Waals surface area contributed by atoms with E-state index in [4.69, 9.17) is 5.11 Å². The normalized spacial score (nSPS) is 10.6. The second-order valence-corrected chi connectivity index (χ2v) is 2.97. The van der Waals surface area contributed by atoms with Crippen molar-refractivity contribution in [1.82, 2.24) is 0 Å².